The maximum absolute atomic E-state index is 12.7. The Kier molecular flexibility index (Phi) is 4.94. The van der Waals surface area contributed by atoms with Gasteiger partial charge in [0.1, 0.15) is 0 Å². The van der Waals surface area contributed by atoms with E-state index in [0.717, 1.165) is 24.1 Å². The molecule has 1 saturated heterocycles. The third-order valence-electron chi connectivity index (χ3n) is 4.28. The Bertz CT molecular complexity index is 641. The molecule has 0 spiro atoms. The molecular weight excluding hydrogens is 300 g/mol. The molecule has 1 aliphatic rings. The molecule has 22 heavy (non-hydrogen) atoms. The van der Waals surface area contributed by atoms with Crippen LogP contribution in [-0.2, 0) is 0 Å². The first-order valence-corrected chi connectivity index (χ1v) is 7.25. The van der Waals surface area contributed by atoms with Crippen LogP contribution in [0.3, 0.4) is 0 Å². The zero-order valence-corrected chi connectivity index (χ0v) is 13.4. The van der Waals surface area contributed by atoms with E-state index in [4.69, 9.17) is 10.2 Å². The molecule has 4 nitrogen and oxygen atoms in total. The number of likely N-dealkylation sites (tertiary alicyclic amines) is 1. The van der Waals surface area contributed by atoms with Crippen molar-refractivity contribution < 1.29 is 9.21 Å². The van der Waals surface area contributed by atoms with Crippen LogP contribution in [0.2, 0.25) is 0 Å². The molecule has 3 rings (SSSR count). The number of nitrogens with zero attached hydrogens (tertiary/aromatic N) is 1. The van der Waals surface area contributed by atoms with E-state index in [-0.39, 0.29) is 23.7 Å². The summed E-state index contributed by atoms with van der Waals surface area (Å²) in [6.07, 6.45) is 2.52. The summed E-state index contributed by atoms with van der Waals surface area (Å²) < 4.78 is 5.47. The topological polar surface area (TPSA) is 59.5 Å². The minimum absolute atomic E-state index is 0. The molecule has 1 atom stereocenters. The molecule has 2 heterocycles. The normalized spacial score (nSPS) is 20.7. The van der Waals surface area contributed by atoms with Crippen LogP contribution < -0.4 is 5.73 Å². The maximum Gasteiger partial charge on any atom is 0.290 e. The van der Waals surface area contributed by atoms with E-state index in [1.807, 2.05) is 41.3 Å². The lowest BCUT2D eigenvalue weighted by atomic mass is 9.90. The Morgan fingerprint density at radius 3 is 2.68 bits per heavy atom. The fraction of sp³-hybridized carbons (Fsp3) is 0.353. The van der Waals surface area contributed by atoms with Crippen molar-refractivity contribution in [3.05, 3.63) is 48.4 Å². The molecule has 118 valence electrons. The smallest absolute Gasteiger partial charge is 0.290 e. The number of hydrogen-bond donors (Lipinski definition) is 1. The molecule has 5 heteroatoms. The van der Waals surface area contributed by atoms with E-state index in [0.29, 0.717) is 18.8 Å². The van der Waals surface area contributed by atoms with Gasteiger partial charge in [0, 0.05) is 18.7 Å². The van der Waals surface area contributed by atoms with Gasteiger partial charge in [0.05, 0.1) is 6.26 Å². The van der Waals surface area contributed by atoms with Gasteiger partial charge in [-0.15, -0.1) is 12.4 Å². The van der Waals surface area contributed by atoms with E-state index in [2.05, 4.69) is 6.92 Å². The quantitative estimate of drug-likeness (QED) is 0.945. The largest absolute Gasteiger partial charge is 0.459 e. The molecule has 0 bridgehead atoms. The van der Waals surface area contributed by atoms with Crippen LogP contribution in [0, 0.1) is 5.41 Å². The van der Waals surface area contributed by atoms with Crippen molar-refractivity contribution in [2.75, 3.05) is 19.6 Å². The SMILES string of the molecule is CC1(CN)CCN(C(=O)c2occc2-c2ccccc2)C1.Cl. The van der Waals surface area contributed by atoms with Gasteiger partial charge in [0.2, 0.25) is 0 Å². The number of benzene rings is 1. The third-order valence-corrected chi connectivity index (χ3v) is 4.28. The molecule has 0 saturated carbocycles. The summed E-state index contributed by atoms with van der Waals surface area (Å²) in [6, 6.07) is 11.7. The van der Waals surface area contributed by atoms with Gasteiger partial charge in [0.25, 0.3) is 5.91 Å². The molecule has 2 aromatic rings. The van der Waals surface area contributed by atoms with Gasteiger partial charge in [0.15, 0.2) is 5.76 Å². The minimum Gasteiger partial charge on any atom is -0.459 e. The highest BCUT2D eigenvalue weighted by Crippen LogP contribution is 2.32. The monoisotopic (exact) mass is 320 g/mol. The fourth-order valence-corrected chi connectivity index (χ4v) is 2.83. The summed E-state index contributed by atoms with van der Waals surface area (Å²) in [5.41, 5.74) is 7.68. The van der Waals surface area contributed by atoms with Gasteiger partial charge in [-0.25, -0.2) is 0 Å². The second-order valence-electron chi connectivity index (χ2n) is 6.02. The fourth-order valence-electron chi connectivity index (χ4n) is 2.83. The molecule has 1 amide bonds. The summed E-state index contributed by atoms with van der Waals surface area (Å²) in [6.45, 7) is 4.15. The van der Waals surface area contributed by atoms with Crippen LogP contribution >= 0.6 is 12.4 Å². The Labute approximate surface area is 136 Å². The lowest BCUT2D eigenvalue weighted by Gasteiger charge is -2.22. The van der Waals surface area contributed by atoms with E-state index >= 15 is 0 Å². The second kappa shape index (κ2) is 6.55. The summed E-state index contributed by atoms with van der Waals surface area (Å²) in [5.74, 6) is 0.374. The Hall–Kier alpha value is -1.78. The minimum atomic E-state index is -0.0453. The number of furan rings is 1. The number of halogens is 1. The van der Waals surface area contributed by atoms with Crippen molar-refractivity contribution >= 4 is 18.3 Å². The van der Waals surface area contributed by atoms with Crippen LogP contribution in [0.4, 0.5) is 0 Å². The van der Waals surface area contributed by atoms with E-state index in [9.17, 15) is 4.79 Å². The molecule has 0 aliphatic carbocycles. The Morgan fingerprint density at radius 1 is 1.32 bits per heavy atom. The molecule has 1 aromatic carbocycles. The summed E-state index contributed by atoms with van der Waals surface area (Å²) in [5, 5.41) is 0. The standard InChI is InChI=1S/C17H20N2O2.ClH/c1-17(11-18)8-9-19(12-17)16(20)15-14(7-10-21-15)13-5-3-2-4-6-13;/h2-7,10H,8-9,11-12,18H2,1H3;1H. The van der Waals surface area contributed by atoms with Gasteiger partial charge < -0.3 is 15.1 Å². The van der Waals surface area contributed by atoms with Gasteiger partial charge in [-0.3, -0.25) is 4.79 Å². The van der Waals surface area contributed by atoms with Crippen molar-refractivity contribution in [2.24, 2.45) is 11.1 Å². The van der Waals surface area contributed by atoms with Crippen molar-refractivity contribution in [1.29, 1.82) is 0 Å². The average molecular weight is 321 g/mol. The molecule has 1 aromatic heterocycles. The van der Waals surface area contributed by atoms with Crippen LogP contribution in [-0.4, -0.2) is 30.4 Å². The highest BCUT2D eigenvalue weighted by Gasteiger charge is 2.36. The van der Waals surface area contributed by atoms with Crippen LogP contribution in [0.5, 0.6) is 0 Å². The van der Waals surface area contributed by atoms with E-state index in [1.54, 1.807) is 6.26 Å². The number of hydrogen-bond acceptors (Lipinski definition) is 3. The summed E-state index contributed by atoms with van der Waals surface area (Å²) >= 11 is 0. The first-order valence-electron chi connectivity index (χ1n) is 7.25. The predicted octanol–water partition coefficient (Wildman–Crippen LogP) is 3.18. The molecular formula is C17H21ClN2O2. The zero-order chi connectivity index (χ0) is 14.9. The van der Waals surface area contributed by atoms with E-state index < -0.39 is 0 Å². The molecule has 1 unspecified atom stereocenters. The first kappa shape index (κ1) is 16.6. The number of rotatable bonds is 3. The maximum atomic E-state index is 12.7. The molecule has 2 N–H and O–H groups in total. The van der Waals surface area contributed by atoms with Crippen molar-refractivity contribution in [2.45, 2.75) is 13.3 Å². The van der Waals surface area contributed by atoms with Crippen molar-refractivity contribution in [3.8, 4) is 11.1 Å². The van der Waals surface area contributed by atoms with Gasteiger partial charge in [-0.2, -0.15) is 0 Å². The summed E-state index contributed by atoms with van der Waals surface area (Å²) in [7, 11) is 0. The zero-order valence-electron chi connectivity index (χ0n) is 12.6. The van der Waals surface area contributed by atoms with Gasteiger partial charge >= 0.3 is 0 Å². The van der Waals surface area contributed by atoms with Crippen LogP contribution in [0.25, 0.3) is 11.1 Å². The van der Waals surface area contributed by atoms with Crippen molar-refractivity contribution in [1.82, 2.24) is 4.90 Å². The second-order valence-corrected chi connectivity index (χ2v) is 6.02. The molecule has 1 aliphatic heterocycles. The predicted molar refractivity (Wildman–Crippen MR) is 89.1 cm³/mol. The molecule has 1 fully saturated rings. The molecule has 0 radical (unpaired) electrons. The Morgan fingerprint density at radius 2 is 2.05 bits per heavy atom. The third kappa shape index (κ3) is 3.03. The Balaban J connectivity index is 0.00000176. The number of amides is 1. The summed E-state index contributed by atoms with van der Waals surface area (Å²) in [4.78, 5) is 14.5. The van der Waals surface area contributed by atoms with Crippen LogP contribution in [0.1, 0.15) is 23.9 Å². The van der Waals surface area contributed by atoms with Gasteiger partial charge in [-0.05, 0) is 30.0 Å². The van der Waals surface area contributed by atoms with E-state index in [1.165, 1.54) is 0 Å². The first-order chi connectivity index (χ1) is 10.1. The number of carbonyl (C=O) groups excluding carboxylic acids is 1. The lowest BCUT2D eigenvalue weighted by Crippen LogP contribution is -2.34. The lowest BCUT2D eigenvalue weighted by molar-refractivity contribution is 0.0746. The van der Waals surface area contributed by atoms with Crippen molar-refractivity contribution in [3.63, 3.8) is 0 Å². The number of nitrogens with two attached hydrogens (primary N) is 1. The average Bonchev–Trinajstić information content (AvgIpc) is 3.15. The highest BCUT2D eigenvalue weighted by atomic mass is 35.5. The highest BCUT2D eigenvalue weighted by molar-refractivity contribution is 5.98. The van der Waals surface area contributed by atoms with Gasteiger partial charge in [-0.1, -0.05) is 37.3 Å². The van der Waals surface area contributed by atoms with Crippen LogP contribution in [0.15, 0.2) is 47.1 Å². The number of carbonyl (C=O) groups is 1.